The molecule has 13 heavy (non-hydrogen) atoms. The van der Waals surface area contributed by atoms with Gasteiger partial charge in [0.1, 0.15) is 5.75 Å². The predicted octanol–water partition coefficient (Wildman–Crippen LogP) is 1.69. The largest absolute Gasteiger partial charge is 0.508 e. The maximum absolute atomic E-state index is 9.59. The molecular weight excluding hydrogens is 166 g/mol. The number of hydrogen-bond acceptors (Lipinski definition) is 3. The van der Waals surface area contributed by atoms with Crippen molar-refractivity contribution in [1.29, 1.82) is 0 Å². The lowest BCUT2D eigenvalue weighted by Crippen LogP contribution is -2.08. The summed E-state index contributed by atoms with van der Waals surface area (Å²) in [5, 5.41) is 9.59. The van der Waals surface area contributed by atoms with Crippen LogP contribution in [0, 0.1) is 6.92 Å². The number of benzene rings is 1. The first-order chi connectivity index (χ1) is 6.15. The van der Waals surface area contributed by atoms with E-state index in [1.54, 1.807) is 6.07 Å². The molecular formula is C10H15NO2. The molecule has 1 atom stereocenters. The van der Waals surface area contributed by atoms with Crippen LogP contribution in [0.5, 0.6) is 5.75 Å². The normalized spacial score (nSPS) is 12.8. The molecule has 0 radical (unpaired) electrons. The highest BCUT2D eigenvalue weighted by atomic mass is 16.6. The number of aryl methyl sites for hydroxylation is 1. The third-order valence-electron chi connectivity index (χ3n) is 2.06. The van der Waals surface area contributed by atoms with Gasteiger partial charge in [0, 0.05) is 5.92 Å². The van der Waals surface area contributed by atoms with Crippen molar-refractivity contribution in [3.05, 3.63) is 29.3 Å². The lowest BCUT2D eigenvalue weighted by atomic mass is 10.00. The summed E-state index contributed by atoms with van der Waals surface area (Å²) in [6.45, 7) is 4.31. The van der Waals surface area contributed by atoms with Gasteiger partial charge in [-0.3, -0.25) is 0 Å². The zero-order valence-electron chi connectivity index (χ0n) is 7.95. The highest BCUT2D eigenvalue weighted by Gasteiger charge is 2.09. The van der Waals surface area contributed by atoms with E-state index in [-0.39, 0.29) is 5.92 Å². The molecule has 3 heteroatoms. The van der Waals surface area contributed by atoms with Crippen LogP contribution in [0.3, 0.4) is 0 Å². The van der Waals surface area contributed by atoms with Crippen LogP contribution >= 0.6 is 0 Å². The second-order valence-corrected chi connectivity index (χ2v) is 3.30. The fourth-order valence-corrected chi connectivity index (χ4v) is 1.30. The molecule has 0 heterocycles. The summed E-state index contributed by atoms with van der Waals surface area (Å²) in [7, 11) is 0. The Bertz CT molecular complexity index is 286. The van der Waals surface area contributed by atoms with E-state index in [1.807, 2.05) is 26.0 Å². The van der Waals surface area contributed by atoms with Crippen LogP contribution in [0.15, 0.2) is 18.2 Å². The number of hydrogen-bond donors (Lipinski definition) is 2. The summed E-state index contributed by atoms with van der Waals surface area (Å²) in [5.74, 6) is 5.39. The van der Waals surface area contributed by atoms with Crippen LogP contribution in [0.4, 0.5) is 0 Å². The Morgan fingerprint density at radius 2 is 2.23 bits per heavy atom. The van der Waals surface area contributed by atoms with Gasteiger partial charge in [-0.1, -0.05) is 19.1 Å². The number of phenolic OH excluding ortho intramolecular Hbond substituents is 1. The van der Waals surface area contributed by atoms with Crippen LogP contribution in [0.2, 0.25) is 0 Å². The van der Waals surface area contributed by atoms with Gasteiger partial charge in [-0.05, 0) is 24.1 Å². The fourth-order valence-electron chi connectivity index (χ4n) is 1.30. The van der Waals surface area contributed by atoms with Crippen LogP contribution in [-0.2, 0) is 4.84 Å². The molecule has 3 nitrogen and oxygen atoms in total. The van der Waals surface area contributed by atoms with Gasteiger partial charge in [0.2, 0.25) is 0 Å². The van der Waals surface area contributed by atoms with Gasteiger partial charge >= 0.3 is 0 Å². The van der Waals surface area contributed by atoms with Crippen molar-refractivity contribution in [3.63, 3.8) is 0 Å². The van der Waals surface area contributed by atoms with Gasteiger partial charge in [-0.25, -0.2) is 5.90 Å². The first-order valence-electron chi connectivity index (χ1n) is 4.26. The number of rotatable bonds is 3. The molecule has 1 aromatic rings. The van der Waals surface area contributed by atoms with Crippen LogP contribution in [-0.4, -0.2) is 11.7 Å². The van der Waals surface area contributed by atoms with Crippen LogP contribution in [0.25, 0.3) is 0 Å². The Kier molecular flexibility index (Phi) is 3.28. The summed E-state index contributed by atoms with van der Waals surface area (Å²) in [6, 6.07) is 5.60. The predicted molar refractivity (Wildman–Crippen MR) is 51.4 cm³/mol. The molecule has 0 aliphatic rings. The Labute approximate surface area is 78.1 Å². The molecule has 0 aliphatic carbocycles. The monoisotopic (exact) mass is 181 g/mol. The molecule has 0 amide bonds. The molecule has 3 N–H and O–H groups in total. The Hall–Kier alpha value is -1.06. The van der Waals surface area contributed by atoms with Crippen LogP contribution < -0.4 is 5.90 Å². The lowest BCUT2D eigenvalue weighted by molar-refractivity contribution is 0.126. The van der Waals surface area contributed by atoms with Crippen molar-refractivity contribution in [2.45, 2.75) is 19.8 Å². The molecule has 0 aliphatic heterocycles. The number of nitrogens with two attached hydrogens (primary N) is 1. The minimum absolute atomic E-state index is 0.116. The molecule has 0 bridgehead atoms. The summed E-state index contributed by atoms with van der Waals surface area (Å²) in [4.78, 5) is 4.53. The second-order valence-electron chi connectivity index (χ2n) is 3.30. The first kappa shape index (κ1) is 10.0. The Balaban J connectivity index is 2.88. The maximum Gasteiger partial charge on any atom is 0.119 e. The Morgan fingerprint density at radius 1 is 1.54 bits per heavy atom. The Morgan fingerprint density at radius 3 is 2.77 bits per heavy atom. The summed E-state index contributed by atoms with van der Waals surface area (Å²) in [6.07, 6.45) is 0. The van der Waals surface area contributed by atoms with E-state index in [9.17, 15) is 5.11 Å². The highest BCUT2D eigenvalue weighted by molar-refractivity contribution is 5.38. The first-order valence-corrected chi connectivity index (χ1v) is 4.26. The van der Waals surface area contributed by atoms with E-state index in [0.29, 0.717) is 12.4 Å². The van der Waals surface area contributed by atoms with Crippen molar-refractivity contribution in [2.75, 3.05) is 6.61 Å². The highest BCUT2D eigenvalue weighted by Crippen LogP contribution is 2.26. The van der Waals surface area contributed by atoms with Crippen LogP contribution in [0.1, 0.15) is 24.0 Å². The lowest BCUT2D eigenvalue weighted by Gasteiger charge is -2.12. The van der Waals surface area contributed by atoms with Crippen molar-refractivity contribution in [1.82, 2.24) is 0 Å². The molecule has 0 spiro atoms. The van der Waals surface area contributed by atoms with Gasteiger partial charge in [-0.2, -0.15) is 0 Å². The number of aromatic hydroxyl groups is 1. The van der Waals surface area contributed by atoms with Crippen molar-refractivity contribution >= 4 is 0 Å². The van der Waals surface area contributed by atoms with E-state index in [2.05, 4.69) is 4.84 Å². The minimum atomic E-state index is 0.116. The van der Waals surface area contributed by atoms with Gasteiger partial charge in [-0.15, -0.1) is 0 Å². The molecule has 0 saturated carbocycles. The third-order valence-corrected chi connectivity index (χ3v) is 2.06. The standard InChI is InChI=1S/C10H15NO2/c1-7-3-4-9(10(12)5-7)8(2)6-13-11/h3-5,8,12H,6,11H2,1-2H3. The van der Waals surface area contributed by atoms with Gasteiger partial charge in [0.15, 0.2) is 0 Å². The minimum Gasteiger partial charge on any atom is -0.508 e. The zero-order chi connectivity index (χ0) is 9.84. The van der Waals surface area contributed by atoms with E-state index < -0.39 is 0 Å². The second kappa shape index (κ2) is 4.25. The average Bonchev–Trinajstić information content (AvgIpc) is 2.04. The molecule has 72 valence electrons. The molecule has 1 unspecified atom stereocenters. The summed E-state index contributed by atoms with van der Waals surface area (Å²) in [5.41, 5.74) is 1.91. The van der Waals surface area contributed by atoms with E-state index in [1.165, 1.54) is 0 Å². The molecule has 1 aromatic carbocycles. The quantitative estimate of drug-likeness (QED) is 0.698. The molecule has 0 fully saturated rings. The van der Waals surface area contributed by atoms with E-state index >= 15 is 0 Å². The van der Waals surface area contributed by atoms with Crippen molar-refractivity contribution in [2.24, 2.45) is 5.90 Å². The topological polar surface area (TPSA) is 55.5 Å². The summed E-state index contributed by atoms with van der Waals surface area (Å²) < 4.78 is 0. The SMILES string of the molecule is Cc1ccc(C(C)CON)c(O)c1. The molecule has 0 aromatic heterocycles. The fraction of sp³-hybridized carbons (Fsp3) is 0.400. The third kappa shape index (κ3) is 2.44. The summed E-state index contributed by atoms with van der Waals surface area (Å²) >= 11 is 0. The number of phenols is 1. The molecule has 1 rings (SSSR count). The van der Waals surface area contributed by atoms with E-state index in [0.717, 1.165) is 11.1 Å². The zero-order valence-corrected chi connectivity index (χ0v) is 7.95. The van der Waals surface area contributed by atoms with E-state index in [4.69, 9.17) is 5.90 Å². The van der Waals surface area contributed by atoms with Crippen molar-refractivity contribution < 1.29 is 9.94 Å². The van der Waals surface area contributed by atoms with Gasteiger partial charge in [0.25, 0.3) is 0 Å². The van der Waals surface area contributed by atoms with Gasteiger partial charge < -0.3 is 9.94 Å². The van der Waals surface area contributed by atoms with Gasteiger partial charge in [0.05, 0.1) is 6.61 Å². The maximum atomic E-state index is 9.59. The van der Waals surface area contributed by atoms with Crippen molar-refractivity contribution in [3.8, 4) is 5.75 Å². The smallest absolute Gasteiger partial charge is 0.119 e. The average molecular weight is 181 g/mol. The molecule has 0 saturated heterocycles.